The zero-order valence-electron chi connectivity index (χ0n) is 14.6. The van der Waals surface area contributed by atoms with E-state index in [2.05, 4.69) is 53.5 Å². The molecule has 3 nitrogen and oxygen atoms in total. The Balaban J connectivity index is 1.62. The molecule has 1 spiro atoms. The fourth-order valence-electron chi connectivity index (χ4n) is 3.79. The van der Waals surface area contributed by atoms with Crippen LogP contribution in [0.3, 0.4) is 0 Å². The molecule has 4 rings (SSSR count). The SMILES string of the molecule is COc1ccc(CN=C2Nc3ccccc3CC23CCSCC3)cc1. The Morgan fingerprint density at radius 2 is 1.84 bits per heavy atom. The minimum Gasteiger partial charge on any atom is -0.497 e. The zero-order valence-corrected chi connectivity index (χ0v) is 15.4. The number of hydrogen-bond acceptors (Lipinski definition) is 3. The Morgan fingerprint density at radius 1 is 1.08 bits per heavy atom. The first kappa shape index (κ1) is 16.5. The maximum absolute atomic E-state index is 5.24. The molecule has 0 saturated carbocycles. The Bertz CT molecular complexity index is 764. The normalized spacial score (nSPS) is 20.1. The maximum Gasteiger partial charge on any atom is 0.118 e. The number of thioether (sulfide) groups is 1. The molecule has 25 heavy (non-hydrogen) atoms. The molecule has 1 N–H and O–H groups in total. The van der Waals surface area contributed by atoms with Crippen LogP contribution in [0.4, 0.5) is 5.69 Å². The fraction of sp³-hybridized carbons (Fsp3) is 0.381. The molecule has 2 aromatic rings. The van der Waals surface area contributed by atoms with Crippen molar-refractivity contribution in [3.8, 4) is 5.75 Å². The van der Waals surface area contributed by atoms with Crippen molar-refractivity contribution in [1.29, 1.82) is 0 Å². The summed E-state index contributed by atoms with van der Waals surface area (Å²) in [5, 5.41) is 3.67. The van der Waals surface area contributed by atoms with Crippen LogP contribution in [0.25, 0.3) is 0 Å². The quantitative estimate of drug-likeness (QED) is 0.863. The van der Waals surface area contributed by atoms with Gasteiger partial charge in [0.05, 0.1) is 13.7 Å². The van der Waals surface area contributed by atoms with Gasteiger partial charge < -0.3 is 10.1 Å². The van der Waals surface area contributed by atoms with E-state index >= 15 is 0 Å². The lowest BCUT2D eigenvalue weighted by molar-refractivity contribution is 0.377. The highest BCUT2D eigenvalue weighted by atomic mass is 32.2. The number of benzene rings is 2. The number of amidine groups is 1. The van der Waals surface area contributed by atoms with E-state index in [1.54, 1.807) is 7.11 Å². The Morgan fingerprint density at radius 3 is 2.60 bits per heavy atom. The monoisotopic (exact) mass is 352 g/mol. The first-order valence-electron chi connectivity index (χ1n) is 8.90. The number of fused-ring (bicyclic) bond motifs is 1. The van der Waals surface area contributed by atoms with Gasteiger partial charge >= 0.3 is 0 Å². The fourth-order valence-corrected chi connectivity index (χ4v) is 5.06. The molecule has 130 valence electrons. The second-order valence-electron chi connectivity index (χ2n) is 6.86. The zero-order chi connectivity index (χ0) is 17.1. The van der Waals surface area contributed by atoms with Crippen molar-refractivity contribution in [3.05, 3.63) is 59.7 Å². The van der Waals surface area contributed by atoms with Crippen LogP contribution >= 0.6 is 11.8 Å². The maximum atomic E-state index is 5.24. The summed E-state index contributed by atoms with van der Waals surface area (Å²) >= 11 is 2.07. The first-order valence-corrected chi connectivity index (χ1v) is 10.1. The van der Waals surface area contributed by atoms with Gasteiger partial charge in [0.2, 0.25) is 0 Å². The number of nitrogens with zero attached hydrogens (tertiary/aromatic N) is 1. The lowest BCUT2D eigenvalue weighted by Gasteiger charge is -2.42. The van der Waals surface area contributed by atoms with Gasteiger partial charge in [-0.3, -0.25) is 4.99 Å². The second-order valence-corrected chi connectivity index (χ2v) is 8.09. The third-order valence-electron chi connectivity index (χ3n) is 5.33. The topological polar surface area (TPSA) is 33.6 Å². The second kappa shape index (κ2) is 7.12. The van der Waals surface area contributed by atoms with E-state index < -0.39 is 0 Å². The minimum atomic E-state index is 0.187. The van der Waals surface area contributed by atoms with Gasteiger partial charge in [0.25, 0.3) is 0 Å². The van der Waals surface area contributed by atoms with Crippen molar-refractivity contribution in [3.63, 3.8) is 0 Å². The average molecular weight is 353 g/mol. The van der Waals surface area contributed by atoms with Crippen LogP contribution in [0, 0.1) is 5.41 Å². The summed E-state index contributed by atoms with van der Waals surface area (Å²) in [6.45, 7) is 0.712. The molecular weight excluding hydrogens is 328 g/mol. The van der Waals surface area contributed by atoms with Crippen molar-refractivity contribution in [2.75, 3.05) is 23.9 Å². The van der Waals surface area contributed by atoms with E-state index in [0.29, 0.717) is 6.54 Å². The molecule has 2 aliphatic rings. The van der Waals surface area contributed by atoms with Gasteiger partial charge in [-0.05, 0) is 60.1 Å². The van der Waals surface area contributed by atoms with Crippen molar-refractivity contribution in [1.82, 2.24) is 0 Å². The van der Waals surface area contributed by atoms with E-state index in [1.807, 2.05) is 12.1 Å². The molecule has 0 amide bonds. The number of para-hydroxylation sites is 1. The molecule has 4 heteroatoms. The summed E-state index contributed by atoms with van der Waals surface area (Å²) in [5.41, 5.74) is 4.05. The van der Waals surface area contributed by atoms with Crippen molar-refractivity contribution >= 4 is 23.3 Å². The van der Waals surface area contributed by atoms with Gasteiger partial charge in [-0.15, -0.1) is 0 Å². The van der Waals surface area contributed by atoms with Crippen LogP contribution in [0.1, 0.15) is 24.0 Å². The van der Waals surface area contributed by atoms with Crippen LogP contribution in [-0.4, -0.2) is 24.5 Å². The Hall–Kier alpha value is -1.94. The third kappa shape index (κ3) is 3.40. The van der Waals surface area contributed by atoms with Gasteiger partial charge in [0, 0.05) is 11.1 Å². The highest BCUT2D eigenvalue weighted by Gasteiger charge is 2.41. The molecule has 2 aliphatic heterocycles. The predicted octanol–water partition coefficient (Wildman–Crippen LogP) is 4.78. The molecule has 0 bridgehead atoms. The van der Waals surface area contributed by atoms with Gasteiger partial charge in [0.15, 0.2) is 0 Å². The van der Waals surface area contributed by atoms with E-state index in [0.717, 1.165) is 12.2 Å². The highest BCUT2D eigenvalue weighted by Crippen LogP contribution is 2.44. The Kier molecular flexibility index (Phi) is 4.71. The first-order chi connectivity index (χ1) is 12.3. The van der Waals surface area contributed by atoms with E-state index in [-0.39, 0.29) is 5.41 Å². The van der Waals surface area contributed by atoms with Crippen LogP contribution in [0.15, 0.2) is 53.5 Å². The number of hydrogen-bond donors (Lipinski definition) is 1. The third-order valence-corrected chi connectivity index (χ3v) is 6.32. The molecule has 0 atom stereocenters. The Labute approximate surface area is 153 Å². The molecule has 2 aromatic carbocycles. The lowest BCUT2D eigenvalue weighted by atomic mass is 9.73. The molecule has 0 radical (unpaired) electrons. The van der Waals surface area contributed by atoms with Gasteiger partial charge in [0.1, 0.15) is 11.6 Å². The summed E-state index contributed by atoms with van der Waals surface area (Å²) in [6.07, 6.45) is 3.53. The summed E-state index contributed by atoms with van der Waals surface area (Å²) in [6, 6.07) is 16.9. The molecule has 1 fully saturated rings. The number of rotatable bonds is 3. The predicted molar refractivity (Wildman–Crippen MR) is 107 cm³/mol. The van der Waals surface area contributed by atoms with Gasteiger partial charge in [-0.2, -0.15) is 11.8 Å². The van der Waals surface area contributed by atoms with E-state index in [9.17, 15) is 0 Å². The van der Waals surface area contributed by atoms with Crippen LogP contribution in [0.5, 0.6) is 5.75 Å². The number of methoxy groups -OCH3 is 1. The standard InChI is InChI=1S/C21H24N2OS/c1-24-18-8-6-16(7-9-18)15-22-20-21(10-12-25-13-11-21)14-17-4-2-3-5-19(17)23-20/h2-9H,10-15H2,1H3,(H,22,23). The van der Waals surface area contributed by atoms with E-state index in [4.69, 9.17) is 9.73 Å². The smallest absolute Gasteiger partial charge is 0.118 e. The van der Waals surface area contributed by atoms with Crippen LogP contribution in [-0.2, 0) is 13.0 Å². The average Bonchev–Trinajstić information content (AvgIpc) is 2.67. The van der Waals surface area contributed by atoms with E-state index in [1.165, 1.54) is 47.0 Å². The summed E-state index contributed by atoms with van der Waals surface area (Å²) in [4.78, 5) is 5.04. The number of nitrogens with one attached hydrogen (secondary N) is 1. The van der Waals surface area contributed by atoms with Gasteiger partial charge in [-0.1, -0.05) is 30.3 Å². The molecule has 0 aliphatic carbocycles. The van der Waals surface area contributed by atoms with Crippen molar-refractivity contribution in [2.24, 2.45) is 10.4 Å². The van der Waals surface area contributed by atoms with Crippen molar-refractivity contribution in [2.45, 2.75) is 25.8 Å². The lowest BCUT2D eigenvalue weighted by Crippen LogP contribution is -2.44. The molecule has 0 unspecified atom stereocenters. The molecular formula is C21H24N2OS. The minimum absolute atomic E-state index is 0.187. The number of ether oxygens (including phenoxy) is 1. The van der Waals surface area contributed by atoms with Gasteiger partial charge in [-0.25, -0.2) is 0 Å². The molecule has 1 saturated heterocycles. The van der Waals surface area contributed by atoms with Crippen LogP contribution in [0.2, 0.25) is 0 Å². The highest BCUT2D eigenvalue weighted by molar-refractivity contribution is 7.99. The number of aliphatic imine (C=N–C) groups is 1. The molecule has 0 aromatic heterocycles. The largest absolute Gasteiger partial charge is 0.497 e. The summed E-state index contributed by atoms with van der Waals surface area (Å²) in [5.74, 6) is 4.53. The molecule has 2 heterocycles. The summed E-state index contributed by atoms with van der Waals surface area (Å²) in [7, 11) is 1.70. The number of anilines is 1. The van der Waals surface area contributed by atoms with Crippen LogP contribution < -0.4 is 10.1 Å². The van der Waals surface area contributed by atoms with Crippen molar-refractivity contribution < 1.29 is 4.74 Å². The summed E-state index contributed by atoms with van der Waals surface area (Å²) < 4.78 is 5.24.